The number of hydrogen-bond donors (Lipinski definition) is 1. The van der Waals surface area contributed by atoms with E-state index in [1.54, 1.807) is 18.3 Å². The standard InChI is InChI=1S/C24H31N3O4S/c1-3-5-13-26(24(30)25-16-22(29)31-4-2)17-21(28)27-14-11-20-19(12-15-32-20)23(27)18-9-7-6-8-10-18/h6-10,12,15,23H,3-5,11,13-14,16-17H2,1-2H3,(H,25,30). The smallest absolute Gasteiger partial charge is 0.325 e. The van der Waals surface area contributed by atoms with E-state index >= 15 is 0 Å². The molecular weight excluding hydrogens is 426 g/mol. The number of ether oxygens (including phenoxy) is 1. The number of carbonyl (C=O) groups is 3. The Kier molecular flexibility index (Phi) is 8.67. The molecule has 2 heterocycles. The van der Waals surface area contributed by atoms with Gasteiger partial charge in [0.1, 0.15) is 13.1 Å². The number of unbranched alkanes of at least 4 members (excludes halogenated alkanes) is 1. The number of nitrogens with zero attached hydrogens (tertiary/aromatic N) is 2. The molecule has 0 radical (unpaired) electrons. The Balaban J connectivity index is 1.75. The van der Waals surface area contributed by atoms with Crippen molar-refractivity contribution >= 4 is 29.2 Å². The molecule has 3 rings (SSSR count). The van der Waals surface area contributed by atoms with E-state index in [-0.39, 0.29) is 31.6 Å². The van der Waals surface area contributed by atoms with E-state index in [0.29, 0.717) is 13.1 Å². The van der Waals surface area contributed by atoms with Crippen LogP contribution in [0, 0.1) is 0 Å². The van der Waals surface area contributed by atoms with Gasteiger partial charge in [-0.25, -0.2) is 4.79 Å². The Labute approximate surface area is 193 Å². The number of rotatable bonds is 9. The minimum atomic E-state index is -0.493. The fraction of sp³-hybridized carbons (Fsp3) is 0.458. The maximum Gasteiger partial charge on any atom is 0.325 e. The molecule has 1 N–H and O–H groups in total. The van der Waals surface area contributed by atoms with Crippen molar-refractivity contribution in [2.24, 2.45) is 0 Å². The molecule has 32 heavy (non-hydrogen) atoms. The van der Waals surface area contributed by atoms with Crippen molar-refractivity contribution in [1.82, 2.24) is 15.1 Å². The molecule has 172 valence electrons. The van der Waals surface area contributed by atoms with Crippen molar-refractivity contribution in [3.8, 4) is 0 Å². The summed E-state index contributed by atoms with van der Waals surface area (Å²) >= 11 is 1.72. The van der Waals surface area contributed by atoms with Crippen LogP contribution in [0.3, 0.4) is 0 Å². The third kappa shape index (κ3) is 5.88. The number of esters is 1. The van der Waals surface area contributed by atoms with Crippen LogP contribution in [0.4, 0.5) is 4.79 Å². The molecule has 7 nitrogen and oxygen atoms in total. The molecule has 1 unspecified atom stereocenters. The molecule has 0 fully saturated rings. The second kappa shape index (κ2) is 11.7. The van der Waals surface area contributed by atoms with E-state index < -0.39 is 12.0 Å². The quantitative estimate of drug-likeness (QED) is 0.584. The molecule has 1 aliphatic rings. The van der Waals surface area contributed by atoms with Gasteiger partial charge in [0.2, 0.25) is 5.91 Å². The third-order valence-corrected chi connectivity index (χ3v) is 6.48. The number of carbonyl (C=O) groups excluding carboxylic acids is 3. The lowest BCUT2D eigenvalue weighted by Gasteiger charge is -2.37. The molecule has 0 saturated heterocycles. The lowest BCUT2D eigenvalue weighted by molar-refractivity contribution is -0.141. The Morgan fingerprint density at radius 3 is 2.69 bits per heavy atom. The van der Waals surface area contributed by atoms with E-state index in [4.69, 9.17) is 4.74 Å². The first kappa shape index (κ1) is 23.8. The Morgan fingerprint density at radius 1 is 1.19 bits per heavy atom. The number of hydrogen-bond acceptors (Lipinski definition) is 5. The molecule has 1 atom stereocenters. The average Bonchev–Trinajstić information content (AvgIpc) is 3.29. The van der Waals surface area contributed by atoms with Gasteiger partial charge in [-0.05, 0) is 42.3 Å². The maximum absolute atomic E-state index is 13.4. The maximum atomic E-state index is 13.4. The Morgan fingerprint density at radius 2 is 1.97 bits per heavy atom. The number of amides is 3. The Hall–Kier alpha value is -2.87. The first-order valence-electron chi connectivity index (χ1n) is 11.1. The van der Waals surface area contributed by atoms with E-state index in [9.17, 15) is 14.4 Å². The molecule has 1 aliphatic heterocycles. The molecule has 2 aromatic rings. The van der Waals surface area contributed by atoms with E-state index in [0.717, 1.165) is 30.4 Å². The highest BCUT2D eigenvalue weighted by Gasteiger charge is 2.33. The highest BCUT2D eigenvalue weighted by molar-refractivity contribution is 7.10. The van der Waals surface area contributed by atoms with Gasteiger partial charge in [0.25, 0.3) is 0 Å². The van der Waals surface area contributed by atoms with Crippen LogP contribution < -0.4 is 5.32 Å². The van der Waals surface area contributed by atoms with Gasteiger partial charge in [-0.3, -0.25) is 9.59 Å². The molecule has 1 aromatic heterocycles. The van der Waals surface area contributed by atoms with Gasteiger partial charge in [0.05, 0.1) is 12.6 Å². The van der Waals surface area contributed by atoms with Crippen LogP contribution in [0.5, 0.6) is 0 Å². The summed E-state index contributed by atoms with van der Waals surface area (Å²) in [6, 6.07) is 11.5. The number of fused-ring (bicyclic) bond motifs is 1. The normalized spacial score (nSPS) is 15.1. The molecule has 3 amide bonds. The summed E-state index contributed by atoms with van der Waals surface area (Å²) in [5.74, 6) is -0.592. The van der Waals surface area contributed by atoms with Crippen LogP contribution in [-0.2, 0) is 20.7 Å². The minimum Gasteiger partial charge on any atom is -0.465 e. The first-order chi connectivity index (χ1) is 15.5. The number of thiophene rings is 1. The van der Waals surface area contributed by atoms with Crippen molar-refractivity contribution in [2.45, 2.75) is 39.2 Å². The molecule has 1 aromatic carbocycles. The molecule has 8 heteroatoms. The highest BCUT2D eigenvalue weighted by Crippen LogP contribution is 2.37. The Bertz CT molecular complexity index is 915. The van der Waals surface area contributed by atoms with Crippen molar-refractivity contribution in [2.75, 3.05) is 32.8 Å². The summed E-state index contributed by atoms with van der Waals surface area (Å²) in [5, 5.41) is 4.66. The van der Waals surface area contributed by atoms with Crippen LogP contribution in [0.25, 0.3) is 0 Å². The number of benzene rings is 1. The monoisotopic (exact) mass is 457 g/mol. The second-order valence-corrected chi connectivity index (χ2v) is 8.69. The zero-order valence-electron chi connectivity index (χ0n) is 18.7. The van der Waals surface area contributed by atoms with E-state index in [1.165, 1.54) is 9.78 Å². The SMILES string of the molecule is CCCCN(CC(=O)N1CCc2sccc2C1c1ccccc1)C(=O)NCC(=O)OCC. The topological polar surface area (TPSA) is 79.0 Å². The van der Waals surface area contributed by atoms with Crippen LogP contribution in [0.1, 0.15) is 48.7 Å². The second-order valence-electron chi connectivity index (χ2n) is 7.69. The third-order valence-electron chi connectivity index (χ3n) is 5.49. The number of urea groups is 1. The van der Waals surface area contributed by atoms with Crippen molar-refractivity contribution in [3.05, 3.63) is 57.8 Å². The van der Waals surface area contributed by atoms with Gasteiger partial charge in [-0.2, -0.15) is 0 Å². The molecular formula is C24H31N3O4S. The minimum absolute atomic E-state index is 0.0303. The molecule has 0 aliphatic carbocycles. The summed E-state index contributed by atoms with van der Waals surface area (Å²) in [6.45, 7) is 4.82. The summed E-state index contributed by atoms with van der Waals surface area (Å²) < 4.78 is 4.87. The van der Waals surface area contributed by atoms with Gasteiger partial charge >= 0.3 is 12.0 Å². The predicted octanol–water partition coefficient (Wildman–Crippen LogP) is 3.60. The lowest BCUT2D eigenvalue weighted by atomic mass is 9.93. The van der Waals surface area contributed by atoms with Gasteiger partial charge in [-0.15, -0.1) is 11.3 Å². The summed E-state index contributed by atoms with van der Waals surface area (Å²) in [4.78, 5) is 42.5. The van der Waals surface area contributed by atoms with Crippen LogP contribution in [0.2, 0.25) is 0 Å². The average molecular weight is 458 g/mol. The largest absolute Gasteiger partial charge is 0.465 e. The summed E-state index contributed by atoms with van der Waals surface area (Å²) in [7, 11) is 0. The highest BCUT2D eigenvalue weighted by atomic mass is 32.1. The van der Waals surface area contributed by atoms with Crippen molar-refractivity contribution in [1.29, 1.82) is 0 Å². The van der Waals surface area contributed by atoms with Crippen molar-refractivity contribution < 1.29 is 19.1 Å². The molecule has 0 bridgehead atoms. The fourth-order valence-electron chi connectivity index (χ4n) is 3.91. The van der Waals surface area contributed by atoms with Gasteiger partial charge in [0.15, 0.2) is 0 Å². The van der Waals surface area contributed by atoms with Gasteiger partial charge in [0, 0.05) is 18.0 Å². The van der Waals surface area contributed by atoms with E-state index in [2.05, 4.69) is 16.8 Å². The molecule has 0 saturated carbocycles. The lowest BCUT2D eigenvalue weighted by Crippen LogP contribution is -2.50. The van der Waals surface area contributed by atoms with Crippen molar-refractivity contribution in [3.63, 3.8) is 0 Å². The van der Waals surface area contributed by atoms with Crippen LogP contribution in [-0.4, -0.2) is 60.5 Å². The van der Waals surface area contributed by atoms with Crippen LogP contribution >= 0.6 is 11.3 Å². The zero-order chi connectivity index (χ0) is 22.9. The summed E-state index contributed by atoms with van der Waals surface area (Å²) in [6.07, 6.45) is 2.48. The zero-order valence-corrected chi connectivity index (χ0v) is 19.5. The predicted molar refractivity (Wildman–Crippen MR) is 125 cm³/mol. The number of nitrogens with one attached hydrogen (secondary N) is 1. The van der Waals surface area contributed by atoms with E-state index in [1.807, 2.05) is 42.2 Å². The van der Waals surface area contributed by atoms with Gasteiger partial charge in [-0.1, -0.05) is 43.7 Å². The van der Waals surface area contributed by atoms with Gasteiger partial charge < -0.3 is 19.9 Å². The van der Waals surface area contributed by atoms with Crippen LogP contribution in [0.15, 0.2) is 41.8 Å². The molecule has 0 spiro atoms. The summed E-state index contributed by atoms with van der Waals surface area (Å²) in [5.41, 5.74) is 2.22. The fourth-order valence-corrected chi connectivity index (χ4v) is 4.81. The first-order valence-corrected chi connectivity index (χ1v) is 12.0.